The van der Waals surface area contributed by atoms with Crippen LogP contribution in [-0.2, 0) is 0 Å². The van der Waals surface area contributed by atoms with Crippen LogP contribution in [0.15, 0.2) is 17.7 Å². The summed E-state index contributed by atoms with van der Waals surface area (Å²) in [4.78, 5) is 0. The second kappa shape index (κ2) is 4.22. The molecule has 1 aliphatic rings. The third-order valence-electron chi connectivity index (χ3n) is 1.50. The van der Waals surface area contributed by atoms with Crippen LogP contribution in [0.3, 0.4) is 0 Å². The van der Waals surface area contributed by atoms with Crippen LogP contribution in [0.1, 0.15) is 27.2 Å². The Labute approximate surface area is 106 Å². The van der Waals surface area contributed by atoms with Crippen LogP contribution in [0.25, 0.3) is 0 Å². The monoisotopic (exact) mass is 160 g/mol. The van der Waals surface area contributed by atoms with Gasteiger partial charge in [0.25, 0.3) is 0 Å². The minimum Gasteiger partial charge on any atom is -0.269 e. The van der Waals surface area contributed by atoms with E-state index in [9.17, 15) is 0 Å². The van der Waals surface area contributed by atoms with Gasteiger partial charge in [0.1, 0.15) is 0 Å². The maximum atomic E-state index is 3.30. The molecule has 0 amide bonds. The molecule has 1 rings (SSSR count). The fourth-order valence-electron chi connectivity index (χ4n) is 0.920. The zero-order valence-electron chi connectivity index (χ0n) is 7.36. The molecule has 0 heterocycles. The number of allylic oxidation sites excluding steroid dienone is 4. The molecule has 50 valence electrons. The molecule has 0 fully saturated rings. The van der Waals surface area contributed by atoms with Crippen molar-refractivity contribution in [2.45, 2.75) is 27.2 Å². The van der Waals surface area contributed by atoms with Crippen molar-refractivity contribution in [2.24, 2.45) is 5.41 Å². The molecular weight excluding hydrogens is 147 g/mol. The molecule has 0 nitrogen and oxygen atoms in total. The minimum atomic E-state index is 0. The van der Waals surface area contributed by atoms with Gasteiger partial charge in [0.15, 0.2) is 0 Å². The number of hydrogen-bond acceptors (Lipinski definition) is 0. The second-order valence-corrected chi connectivity index (χ2v) is 3.45. The van der Waals surface area contributed by atoms with E-state index in [4.69, 9.17) is 0 Å². The van der Waals surface area contributed by atoms with Crippen molar-refractivity contribution in [1.82, 2.24) is 0 Å². The van der Waals surface area contributed by atoms with E-state index in [1.807, 2.05) is 0 Å². The topological polar surface area (TPSA) is 0 Å². The van der Waals surface area contributed by atoms with Crippen molar-refractivity contribution < 1.29 is 51.4 Å². The molecule has 0 aromatic rings. The van der Waals surface area contributed by atoms with Gasteiger partial charge >= 0.3 is 51.4 Å². The van der Waals surface area contributed by atoms with Gasteiger partial charge in [0, 0.05) is 0 Å². The Morgan fingerprint density at radius 3 is 2.20 bits per heavy atom. The van der Waals surface area contributed by atoms with E-state index in [-0.39, 0.29) is 51.4 Å². The first kappa shape index (κ1) is 11.1. The fraction of sp³-hybridized carbons (Fsp3) is 0.556. The van der Waals surface area contributed by atoms with Gasteiger partial charge < -0.3 is 0 Å². The predicted molar refractivity (Wildman–Crippen MR) is 40.0 cm³/mol. The average molecular weight is 160 g/mol. The van der Waals surface area contributed by atoms with Crippen LogP contribution < -0.4 is 51.4 Å². The molecule has 1 heteroatoms. The van der Waals surface area contributed by atoms with Crippen molar-refractivity contribution in [3.63, 3.8) is 0 Å². The summed E-state index contributed by atoms with van der Waals surface area (Å²) in [6, 6.07) is 0. The zero-order chi connectivity index (χ0) is 6.91. The maximum absolute atomic E-state index is 3.30. The Balaban J connectivity index is 0.000000810. The van der Waals surface area contributed by atoms with Crippen LogP contribution in [0.2, 0.25) is 0 Å². The summed E-state index contributed by atoms with van der Waals surface area (Å²) in [5.74, 6) is 0. The Hall–Kier alpha value is 1.12. The van der Waals surface area contributed by atoms with E-state index >= 15 is 0 Å². The van der Waals surface area contributed by atoms with Gasteiger partial charge in [-0.3, -0.25) is 6.08 Å². The molecule has 0 spiro atoms. The Morgan fingerprint density at radius 2 is 2.00 bits per heavy atom. The van der Waals surface area contributed by atoms with Gasteiger partial charge in [-0.2, -0.15) is 6.08 Å². The standard InChI is InChI=1S/C9H13.K/c1-9(2,3)8-6-4-5-7-8;/h4,6H,5H2,1-3H3;/q-1;+1. The predicted octanol–water partition coefficient (Wildman–Crippen LogP) is -0.274. The molecule has 0 aromatic heterocycles. The molecule has 0 unspecified atom stereocenters. The Kier molecular flexibility index (Phi) is 4.69. The second-order valence-electron chi connectivity index (χ2n) is 3.45. The summed E-state index contributed by atoms with van der Waals surface area (Å²) < 4.78 is 0. The number of rotatable bonds is 0. The van der Waals surface area contributed by atoms with E-state index < -0.39 is 0 Å². The Morgan fingerprint density at radius 1 is 1.40 bits per heavy atom. The molecule has 0 saturated heterocycles. The van der Waals surface area contributed by atoms with Crippen LogP contribution in [-0.4, -0.2) is 0 Å². The van der Waals surface area contributed by atoms with E-state index in [2.05, 4.69) is 39.0 Å². The quantitative estimate of drug-likeness (QED) is 0.338. The summed E-state index contributed by atoms with van der Waals surface area (Å²) in [5.41, 5.74) is 1.65. The normalized spacial score (nSPS) is 16.5. The molecule has 0 aliphatic heterocycles. The first-order chi connectivity index (χ1) is 4.11. The molecule has 0 saturated carbocycles. The summed E-state index contributed by atoms with van der Waals surface area (Å²) in [5, 5.41) is 0. The summed E-state index contributed by atoms with van der Waals surface area (Å²) in [6.07, 6.45) is 8.63. The van der Waals surface area contributed by atoms with Crippen molar-refractivity contribution in [3.05, 3.63) is 23.8 Å². The molecule has 0 N–H and O–H groups in total. The summed E-state index contributed by atoms with van der Waals surface area (Å²) >= 11 is 0. The first-order valence-corrected chi connectivity index (χ1v) is 3.38. The van der Waals surface area contributed by atoms with Gasteiger partial charge in [-0.1, -0.05) is 20.8 Å². The third kappa shape index (κ3) is 3.01. The average Bonchev–Trinajstić information content (AvgIpc) is 2.08. The van der Waals surface area contributed by atoms with Gasteiger partial charge in [-0.25, -0.2) is 11.6 Å². The molecule has 0 bridgehead atoms. The van der Waals surface area contributed by atoms with Gasteiger partial charge in [-0.15, -0.1) is 6.42 Å². The molecule has 0 radical (unpaired) electrons. The van der Waals surface area contributed by atoms with E-state index in [0.717, 1.165) is 6.42 Å². The Bertz CT molecular complexity index is 158. The van der Waals surface area contributed by atoms with E-state index in [1.165, 1.54) is 5.57 Å². The number of hydrogen-bond donors (Lipinski definition) is 0. The van der Waals surface area contributed by atoms with Crippen molar-refractivity contribution in [3.8, 4) is 0 Å². The van der Waals surface area contributed by atoms with Crippen LogP contribution >= 0.6 is 0 Å². The van der Waals surface area contributed by atoms with Crippen LogP contribution in [0.5, 0.6) is 0 Å². The minimum absolute atomic E-state index is 0. The molecule has 10 heavy (non-hydrogen) atoms. The van der Waals surface area contributed by atoms with Gasteiger partial charge in [-0.05, 0) is 5.41 Å². The van der Waals surface area contributed by atoms with Crippen LogP contribution in [0, 0.1) is 11.5 Å². The molecular formula is C9H13K. The molecule has 1 aliphatic carbocycles. The van der Waals surface area contributed by atoms with Crippen molar-refractivity contribution >= 4 is 0 Å². The van der Waals surface area contributed by atoms with Crippen molar-refractivity contribution in [1.29, 1.82) is 0 Å². The SMILES string of the molecule is CC(C)(C)C1=[C-]CC=C1.[K+]. The largest absolute Gasteiger partial charge is 1.00 e. The molecule has 0 atom stereocenters. The molecule has 0 aromatic carbocycles. The maximum Gasteiger partial charge on any atom is 1.00 e. The zero-order valence-corrected chi connectivity index (χ0v) is 10.5. The first-order valence-electron chi connectivity index (χ1n) is 3.38. The fourth-order valence-corrected chi connectivity index (χ4v) is 0.920. The van der Waals surface area contributed by atoms with Crippen molar-refractivity contribution in [2.75, 3.05) is 0 Å². The summed E-state index contributed by atoms with van der Waals surface area (Å²) in [7, 11) is 0. The van der Waals surface area contributed by atoms with Gasteiger partial charge in [0.05, 0.1) is 0 Å². The van der Waals surface area contributed by atoms with E-state index in [1.54, 1.807) is 0 Å². The van der Waals surface area contributed by atoms with E-state index in [0.29, 0.717) is 5.41 Å². The third-order valence-corrected chi connectivity index (χ3v) is 1.50. The summed E-state index contributed by atoms with van der Waals surface area (Å²) in [6.45, 7) is 6.64. The van der Waals surface area contributed by atoms with Crippen LogP contribution in [0.4, 0.5) is 0 Å². The smallest absolute Gasteiger partial charge is 0.269 e. The van der Waals surface area contributed by atoms with Gasteiger partial charge in [0.2, 0.25) is 0 Å².